The van der Waals surface area contributed by atoms with Gasteiger partial charge in [0.2, 0.25) is 0 Å². The number of hydrogen-bond acceptors (Lipinski definition) is 2. The molecule has 1 aromatic rings. The lowest BCUT2D eigenvalue weighted by atomic mass is 10.0. The third-order valence-electron chi connectivity index (χ3n) is 3.21. The average Bonchev–Trinajstić information content (AvgIpc) is 2.27. The highest BCUT2D eigenvalue weighted by atomic mass is 16.1. The average molecular weight is 234 g/mol. The molecular weight excluding hydrogens is 212 g/mol. The van der Waals surface area contributed by atoms with Gasteiger partial charge in [0.25, 0.3) is 5.91 Å². The number of rotatable bonds is 4. The minimum Gasteiger partial charge on any atom is -0.350 e. The fraction of sp³-hybridized carbons (Fsp3) is 0.500. The molecule has 0 aliphatic heterocycles. The first-order valence-corrected chi connectivity index (χ1v) is 5.85. The Kier molecular flexibility index (Phi) is 4.29. The maximum absolute atomic E-state index is 11.9. The minimum absolute atomic E-state index is 0.0140. The lowest BCUT2D eigenvalue weighted by Crippen LogP contribution is -2.48. The molecule has 1 amide bonds. The Hall–Kier alpha value is -1.35. The van der Waals surface area contributed by atoms with Crippen molar-refractivity contribution < 1.29 is 4.79 Å². The smallest absolute Gasteiger partial charge is 0.251 e. The molecule has 0 saturated carbocycles. The predicted octanol–water partition coefficient (Wildman–Crippen LogP) is 2.07. The third kappa shape index (κ3) is 3.86. The van der Waals surface area contributed by atoms with Crippen LogP contribution in [0.5, 0.6) is 0 Å². The molecule has 0 atom stereocenters. The Labute approximate surface area is 104 Å². The number of carbonyl (C=O) groups is 1. The van der Waals surface area contributed by atoms with Crippen molar-refractivity contribution in [1.29, 1.82) is 0 Å². The molecule has 0 aliphatic rings. The van der Waals surface area contributed by atoms with Crippen LogP contribution in [0.1, 0.15) is 29.8 Å². The van der Waals surface area contributed by atoms with Gasteiger partial charge in [0.05, 0.1) is 0 Å². The molecule has 0 spiro atoms. The van der Waals surface area contributed by atoms with Crippen LogP contribution in [0.3, 0.4) is 0 Å². The number of benzene rings is 1. The summed E-state index contributed by atoms with van der Waals surface area (Å²) < 4.78 is 0. The summed E-state index contributed by atoms with van der Waals surface area (Å²) >= 11 is 0. The summed E-state index contributed by atoms with van der Waals surface area (Å²) in [5, 5.41) is 2.96. The van der Waals surface area contributed by atoms with Crippen molar-refractivity contribution in [3.05, 3.63) is 35.4 Å². The quantitative estimate of drug-likeness (QED) is 0.865. The third-order valence-corrected chi connectivity index (χ3v) is 3.21. The summed E-state index contributed by atoms with van der Waals surface area (Å²) in [4.78, 5) is 14.0. The lowest BCUT2D eigenvalue weighted by Gasteiger charge is -2.32. The molecule has 1 aromatic carbocycles. The van der Waals surface area contributed by atoms with E-state index in [4.69, 9.17) is 0 Å². The number of likely N-dealkylation sites (N-methyl/N-ethyl adjacent to an activating group) is 1. The molecule has 1 N–H and O–H groups in total. The van der Waals surface area contributed by atoms with Crippen LogP contribution in [0, 0.1) is 6.92 Å². The largest absolute Gasteiger partial charge is 0.350 e. The first-order valence-electron chi connectivity index (χ1n) is 5.85. The van der Waals surface area contributed by atoms with Gasteiger partial charge in [-0.15, -0.1) is 0 Å². The fourth-order valence-corrected chi connectivity index (χ4v) is 1.26. The van der Waals surface area contributed by atoms with E-state index in [1.807, 2.05) is 45.3 Å². The maximum atomic E-state index is 11.9. The maximum Gasteiger partial charge on any atom is 0.251 e. The molecule has 0 saturated heterocycles. The highest BCUT2D eigenvalue weighted by Gasteiger charge is 2.21. The van der Waals surface area contributed by atoms with Crippen LogP contribution in [-0.4, -0.2) is 37.0 Å². The summed E-state index contributed by atoms with van der Waals surface area (Å²) in [6.07, 6.45) is 0. The fourth-order valence-electron chi connectivity index (χ4n) is 1.26. The standard InChI is InChI=1S/C14H22N2O/c1-11-6-8-12(9-7-11)13(17)15-10-14(2,3)16(4)5/h6-9H,10H2,1-5H3,(H,15,17). The number of aryl methyl sites for hydroxylation is 1. The molecule has 1 rings (SSSR count). The molecule has 17 heavy (non-hydrogen) atoms. The lowest BCUT2D eigenvalue weighted by molar-refractivity contribution is 0.0919. The van der Waals surface area contributed by atoms with Crippen molar-refractivity contribution in [3.8, 4) is 0 Å². The van der Waals surface area contributed by atoms with E-state index in [2.05, 4.69) is 24.1 Å². The van der Waals surface area contributed by atoms with Crippen molar-refractivity contribution in [2.45, 2.75) is 26.3 Å². The Morgan fingerprint density at radius 1 is 1.24 bits per heavy atom. The SMILES string of the molecule is Cc1ccc(C(=O)NCC(C)(C)N(C)C)cc1. The van der Waals surface area contributed by atoms with Crippen LogP contribution in [0.2, 0.25) is 0 Å². The second kappa shape index (κ2) is 5.32. The van der Waals surface area contributed by atoms with Gasteiger partial charge >= 0.3 is 0 Å². The topological polar surface area (TPSA) is 32.3 Å². The highest BCUT2D eigenvalue weighted by Crippen LogP contribution is 2.09. The van der Waals surface area contributed by atoms with E-state index in [0.29, 0.717) is 12.1 Å². The summed E-state index contributed by atoms with van der Waals surface area (Å²) in [6, 6.07) is 7.61. The molecule has 94 valence electrons. The van der Waals surface area contributed by atoms with E-state index in [9.17, 15) is 4.79 Å². The monoisotopic (exact) mass is 234 g/mol. The molecule has 0 unspecified atom stereocenters. The van der Waals surface area contributed by atoms with Gasteiger partial charge in [0.15, 0.2) is 0 Å². The van der Waals surface area contributed by atoms with Crippen molar-refractivity contribution in [2.24, 2.45) is 0 Å². The molecular formula is C14H22N2O. The van der Waals surface area contributed by atoms with Crippen LogP contribution >= 0.6 is 0 Å². The van der Waals surface area contributed by atoms with Crippen LogP contribution in [-0.2, 0) is 0 Å². The van der Waals surface area contributed by atoms with E-state index in [0.717, 1.165) is 5.56 Å². The molecule has 0 aromatic heterocycles. The number of amides is 1. The summed E-state index contributed by atoms with van der Waals surface area (Å²) in [6.45, 7) is 6.84. The van der Waals surface area contributed by atoms with Gasteiger partial charge in [-0.3, -0.25) is 4.79 Å². The number of hydrogen-bond donors (Lipinski definition) is 1. The minimum atomic E-state index is -0.0413. The molecule has 0 fully saturated rings. The first-order chi connectivity index (χ1) is 7.83. The van der Waals surface area contributed by atoms with Crippen molar-refractivity contribution in [3.63, 3.8) is 0 Å². The van der Waals surface area contributed by atoms with Crippen molar-refractivity contribution in [1.82, 2.24) is 10.2 Å². The second-order valence-corrected chi connectivity index (χ2v) is 5.26. The molecule has 3 heteroatoms. The second-order valence-electron chi connectivity index (χ2n) is 5.26. The first kappa shape index (κ1) is 13.7. The zero-order valence-electron chi connectivity index (χ0n) is 11.4. The molecule has 0 heterocycles. The summed E-state index contributed by atoms with van der Waals surface area (Å²) in [7, 11) is 4.02. The highest BCUT2D eigenvalue weighted by molar-refractivity contribution is 5.94. The van der Waals surface area contributed by atoms with Crippen LogP contribution in [0.4, 0.5) is 0 Å². The zero-order valence-corrected chi connectivity index (χ0v) is 11.4. The molecule has 0 radical (unpaired) electrons. The number of nitrogens with one attached hydrogen (secondary N) is 1. The van der Waals surface area contributed by atoms with E-state index in [-0.39, 0.29) is 11.4 Å². The van der Waals surface area contributed by atoms with Crippen LogP contribution in [0.15, 0.2) is 24.3 Å². The van der Waals surface area contributed by atoms with Crippen molar-refractivity contribution >= 4 is 5.91 Å². The Bertz CT molecular complexity index is 380. The zero-order chi connectivity index (χ0) is 13.1. The summed E-state index contributed by atoms with van der Waals surface area (Å²) in [5.41, 5.74) is 1.83. The van der Waals surface area contributed by atoms with E-state index >= 15 is 0 Å². The molecule has 3 nitrogen and oxygen atoms in total. The van der Waals surface area contributed by atoms with Crippen molar-refractivity contribution in [2.75, 3.05) is 20.6 Å². The van der Waals surface area contributed by atoms with E-state index in [1.165, 1.54) is 0 Å². The van der Waals surface area contributed by atoms with Gasteiger partial charge in [-0.2, -0.15) is 0 Å². The Balaban J connectivity index is 2.59. The normalized spacial score (nSPS) is 11.6. The number of carbonyl (C=O) groups excluding carboxylic acids is 1. The van der Waals surface area contributed by atoms with E-state index in [1.54, 1.807) is 0 Å². The predicted molar refractivity (Wildman–Crippen MR) is 71.3 cm³/mol. The Morgan fingerprint density at radius 3 is 2.24 bits per heavy atom. The van der Waals surface area contributed by atoms with Gasteiger partial charge in [-0.25, -0.2) is 0 Å². The van der Waals surface area contributed by atoms with Gasteiger partial charge in [-0.1, -0.05) is 17.7 Å². The van der Waals surface area contributed by atoms with Crippen LogP contribution < -0.4 is 5.32 Å². The Morgan fingerprint density at radius 2 is 1.76 bits per heavy atom. The summed E-state index contributed by atoms with van der Waals surface area (Å²) in [5.74, 6) is -0.0140. The van der Waals surface area contributed by atoms with Gasteiger partial charge in [0, 0.05) is 17.6 Å². The van der Waals surface area contributed by atoms with Crippen LogP contribution in [0.25, 0.3) is 0 Å². The molecule has 0 bridgehead atoms. The van der Waals surface area contributed by atoms with Gasteiger partial charge in [0.1, 0.15) is 0 Å². The number of nitrogens with zero attached hydrogens (tertiary/aromatic N) is 1. The van der Waals surface area contributed by atoms with Gasteiger partial charge < -0.3 is 10.2 Å². The molecule has 0 aliphatic carbocycles. The van der Waals surface area contributed by atoms with E-state index < -0.39 is 0 Å². The van der Waals surface area contributed by atoms with Gasteiger partial charge in [-0.05, 0) is 47.0 Å².